The van der Waals surface area contributed by atoms with Crippen LogP contribution in [-0.4, -0.2) is 21.1 Å². The number of benzene rings is 1. The molecule has 1 unspecified atom stereocenters. The van der Waals surface area contributed by atoms with Gasteiger partial charge in [-0.3, -0.25) is 9.59 Å². The molecule has 0 spiro atoms. The largest absolute Gasteiger partial charge is 0.325 e. The van der Waals surface area contributed by atoms with Crippen molar-refractivity contribution in [3.05, 3.63) is 50.9 Å². The maximum absolute atomic E-state index is 12.2. The van der Waals surface area contributed by atoms with Crippen LogP contribution in [0, 0.1) is 0 Å². The summed E-state index contributed by atoms with van der Waals surface area (Å²) in [6.45, 7) is 3.81. The molecule has 1 aromatic heterocycles. The van der Waals surface area contributed by atoms with E-state index in [1.165, 1.54) is 17.8 Å². The third-order valence-corrected chi connectivity index (χ3v) is 4.56. The first-order valence-electron chi connectivity index (χ1n) is 7.31. The second-order valence-corrected chi connectivity index (χ2v) is 7.29. The normalized spacial score (nSPS) is 12.0. The van der Waals surface area contributed by atoms with Crippen LogP contribution < -0.4 is 10.9 Å². The van der Waals surface area contributed by atoms with Crippen molar-refractivity contribution in [3.63, 3.8) is 0 Å². The van der Waals surface area contributed by atoms with Crippen molar-refractivity contribution >= 4 is 39.3 Å². The van der Waals surface area contributed by atoms with Crippen molar-refractivity contribution < 1.29 is 4.79 Å². The van der Waals surface area contributed by atoms with Crippen LogP contribution in [0.3, 0.4) is 0 Å². The quantitative estimate of drug-likeness (QED) is 0.578. The fourth-order valence-electron chi connectivity index (χ4n) is 1.92. The first-order valence-corrected chi connectivity index (χ1v) is 8.98. The summed E-state index contributed by atoms with van der Waals surface area (Å²) < 4.78 is 0.951. The highest BCUT2D eigenvalue weighted by Gasteiger charge is 2.16. The summed E-state index contributed by atoms with van der Waals surface area (Å²) in [4.78, 5) is 30.9. The molecule has 23 heavy (non-hydrogen) atoms. The van der Waals surface area contributed by atoms with Gasteiger partial charge in [-0.1, -0.05) is 41.0 Å². The Morgan fingerprint density at radius 2 is 2.09 bits per heavy atom. The van der Waals surface area contributed by atoms with Crippen LogP contribution in [0.2, 0.25) is 0 Å². The molecule has 122 valence electrons. The summed E-state index contributed by atoms with van der Waals surface area (Å²) in [5.41, 5.74) is 1.29. The van der Waals surface area contributed by atoms with Gasteiger partial charge in [0.25, 0.3) is 5.56 Å². The molecular formula is C16H18BrN3O2S. The molecule has 2 N–H and O–H groups in total. The lowest BCUT2D eigenvalue weighted by Gasteiger charge is -2.12. The third kappa shape index (κ3) is 5.51. The van der Waals surface area contributed by atoms with Crippen molar-refractivity contribution in [2.75, 3.05) is 5.32 Å². The zero-order chi connectivity index (χ0) is 16.8. The number of hydrogen-bond donors (Lipinski definition) is 2. The predicted molar refractivity (Wildman–Crippen MR) is 96.9 cm³/mol. The van der Waals surface area contributed by atoms with Crippen molar-refractivity contribution in [1.29, 1.82) is 0 Å². The summed E-state index contributed by atoms with van der Waals surface area (Å²) in [6, 6.07) is 8.87. The van der Waals surface area contributed by atoms with Gasteiger partial charge in [0.2, 0.25) is 5.91 Å². The molecule has 2 rings (SSSR count). The fourth-order valence-corrected chi connectivity index (χ4v) is 3.02. The fraction of sp³-hybridized carbons (Fsp3) is 0.312. The zero-order valence-corrected chi connectivity index (χ0v) is 15.3. The molecule has 1 aromatic carbocycles. The van der Waals surface area contributed by atoms with E-state index >= 15 is 0 Å². The van der Waals surface area contributed by atoms with Gasteiger partial charge in [-0.15, -0.1) is 0 Å². The first kappa shape index (κ1) is 17.7. The van der Waals surface area contributed by atoms with Gasteiger partial charge < -0.3 is 10.3 Å². The molecule has 0 radical (unpaired) electrons. The number of carbonyl (C=O) groups excluding carboxylic acids is 1. The van der Waals surface area contributed by atoms with E-state index in [1.807, 2.05) is 31.2 Å². The first-order chi connectivity index (χ1) is 11.0. The number of aromatic nitrogens is 2. The smallest absolute Gasteiger partial charge is 0.251 e. The molecule has 1 atom stereocenters. The number of nitrogens with one attached hydrogen (secondary N) is 2. The van der Waals surface area contributed by atoms with Crippen LogP contribution in [0.4, 0.5) is 5.69 Å². The van der Waals surface area contributed by atoms with Crippen LogP contribution in [0.1, 0.15) is 26.0 Å². The average Bonchev–Trinajstić information content (AvgIpc) is 2.49. The van der Waals surface area contributed by atoms with Gasteiger partial charge in [-0.05, 0) is 37.6 Å². The Bertz CT molecular complexity index is 731. The lowest BCUT2D eigenvalue weighted by Crippen LogP contribution is -2.23. The molecule has 7 heteroatoms. The highest BCUT2D eigenvalue weighted by Crippen LogP contribution is 2.21. The number of rotatable bonds is 6. The number of aromatic amines is 1. The van der Waals surface area contributed by atoms with E-state index in [0.717, 1.165) is 28.7 Å². The molecule has 0 aliphatic heterocycles. The molecule has 0 aliphatic carbocycles. The van der Waals surface area contributed by atoms with E-state index in [1.54, 1.807) is 6.92 Å². The van der Waals surface area contributed by atoms with E-state index < -0.39 is 0 Å². The molecule has 0 saturated carbocycles. The van der Waals surface area contributed by atoms with E-state index in [2.05, 4.69) is 31.2 Å². The van der Waals surface area contributed by atoms with Crippen LogP contribution in [0.15, 0.2) is 44.8 Å². The molecule has 0 fully saturated rings. The number of thioether (sulfide) groups is 1. The van der Waals surface area contributed by atoms with Crippen LogP contribution in [-0.2, 0) is 11.2 Å². The standard InChI is InChI=1S/C16H18BrN3O2S/c1-3-4-13-9-14(21)20-16(19-13)23-10(2)15(22)18-12-7-5-11(17)6-8-12/h5-10H,3-4H2,1-2H3,(H,18,22)(H,19,20,21). The molecule has 5 nitrogen and oxygen atoms in total. The molecule has 2 aromatic rings. The van der Waals surface area contributed by atoms with Gasteiger partial charge in [-0.25, -0.2) is 4.98 Å². The summed E-state index contributed by atoms with van der Waals surface area (Å²) in [5, 5.41) is 2.94. The topological polar surface area (TPSA) is 74.8 Å². The number of nitrogens with zero attached hydrogens (tertiary/aromatic N) is 1. The molecule has 1 heterocycles. The van der Waals surface area contributed by atoms with E-state index in [9.17, 15) is 9.59 Å². The van der Waals surface area contributed by atoms with Gasteiger partial charge in [0, 0.05) is 21.9 Å². The van der Waals surface area contributed by atoms with Gasteiger partial charge in [0.05, 0.1) is 5.25 Å². The lowest BCUT2D eigenvalue weighted by atomic mass is 10.2. The molecule has 1 amide bonds. The number of H-pyrrole nitrogens is 1. The molecular weight excluding hydrogens is 378 g/mol. The molecule has 0 aliphatic rings. The minimum Gasteiger partial charge on any atom is -0.325 e. The SMILES string of the molecule is CCCc1cc(=O)[nH]c(SC(C)C(=O)Nc2ccc(Br)cc2)n1. The summed E-state index contributed by atoms with van der Waals surface area (Å²) in [6.07, 6.45) is 1.66. The summed E-state index contributed by atoms with van der Waals surface area (Å²) >= 11 is 4.59. The number of hydrogen-bond acceptors (Lipinski definition) is 4. The van der Waals surface area contributed by atoms with Gasteiger partial charge in [0.1, 0.15) is 0 Å². The number of halogens is 1. The minimum atomic E-state index is -0.376. The second-order valence-electron chi connectivity index (χ2n) is 5.05. The number of anilines is 1. The van der Waals surface area contributed by atoms with E-state index in [-0.39, 0.29) is 16.7 Å². The van der Waals surface area contributed by atoms with E-state index in [4.69, 9.17) is 0 Å². The van der Waals surface area contributed by atoms with Crippen LogP contribution >= 0.6 is 27.7 Å². The van der Waals surface area contributed by atoms with Gasteiger partial charge >= 0.3 is 0 Å². The molecule has 0 bridgehead atoms. The van der Waals surface area contributed by atoms with Gasteiger partial charge in [0.15, 0.2) is 5.16 Å². The Balaban J connectivity index is 2.03. The Kier molecular flexibility index (Phi) is 6.41. The number of amides is 1. The number of aryl methyl sites for hydroxylation is 1. The maximum atomic E-state index is 12.2. The van der Waals surface area contributed by atoms with Gasteiger partial charge in [-0.2, -0.15) is 0 Å². The Morgan fingerprint density at radius 1 is 1.39 bits per heavy atom. The Hall–Kier alpha value is -1.60. The molecule has 0 saturated heterocycles. The number of carbonyl (C=O) groups is 1. The highest BCUT2D eigenvalue weighted by atomic mass is 79.9. The van der Waals surface area contributed by atoms with Crippen molar-refractivity contribution in [1.82, 2.24) is 9.97 Å². The lowest BCUT2D eigenvalue weighted by molar-refractivity contribution is -0.115. The average molecular weight is 396 g/mol. The maximum Gasteiger partial charge on any atom is 0.251 e. The van der Waals surface area contributed by atoms with Crippen molar-refractivity contribution in [2.24, 2.45) is 0 Å². The summed E-state index contributed by atoms with van der Waals surface area (Å²) in [7, 11) is 0. The van der Waals surface area contributed by atoms with Crippen molar-refractivity contribution in [3.8, 4) is 0 Å². The Labute approximate surface area is 147 Å². The Morgan fingerprint density at radius 3 is 2.74 bits per heavy atom. The summed E-state index contributed by atoms with van der Waals surface area (Å²) in [5.74, 6) is -0.138. The van der Waals surface area contributed by atoms with Crippen molar-refractivity contribution in [2.45, 2.75) is 37.1 Å². The van der Waals surface area contributed by atoms with Crippen LogP contribution in [0.5, 0.6) is 0 Å². The second kappa shape index (κ2) is 8.31. The monoisotopic (exact) mass is 395 g/mol. The zero-order valence-electron chi connectivity index (χ0n) is 12.9. The van der Waals surface area contributed by atoms with E-state index in [0.29, 0.717) is 5.16 Å². The third-order valence-electron chi connectivity index (χ3n) is 3.05. The van der Waals surface area contributed by atoms with Crippen LogP contribution in [0.25, 0.3) is 0 Å². The highest BCUT2D eigenvalue weighted by molar-refractivity contribution is 9.10. The predicted octanol–water partition coefficient (Wildman–Crippen LogP) is 3.60. The minimum absolute atomic E-state index is 0.138.